The van der Waals surface area contributed by atoms with Crippen molar-refractivity contribution < 1.29 is 13.9 Å². The molecule has 1 fully saturated rings. The second-order valence-electron chi connectivity index (χ2n) is 8.41. The van der Waals surface area contributed by atoms with E-state index >= 15 is 0 Å². The van der Waals surface area contributed by atoms with Gasteiger partial charge < -0.3 is 15.0 Å². The number of piperidine rings is 1. The summed E-state index contributed by atoms with van der Waals surface area (Å²) >= 11 is 0. The molecule has 2 N–H and O–H groups in total. The second-order valence-corrected chi connectivity index (χ2v) is 8.41. The molecule has 1 aliphatic heterocycles. The van der Waals surface area contributed by atoms with E-state index in [0.29, 0.717) is 11.4 Å². The van der Waals surface area contributed by atoms with E-state index in [1.165, 1.54) is 24.8 Å². The van der Waals surface area contributed by atoms with Gasteiger partial charge in [-0.2, -0.15) is 10.2 Å². The first-order chi connectivity index (χ1) is 17.6. The molecule has 0 bridgehead atoms. The highest BCUT2D eigenvalue weighted by atomic mass is 19.1. The maximum Gasteiger partial charge on any atom is 0.255 e. The van der Waals surface area contributed by atoms with Gasteiger partial charge in [0.15, 0.2) is 6.19 Å². The number of halogens is 1. The molecule has 3 aromatic carbocycles. The number of aromatic nitrogens is 2. The van der Waals surface area contributed by atoms with Gasteiger partial charge in [0.05, 0.1) is 0 Å². The van der Waals surface area contributed by atoms with Gasteiger partial charge in [-0.05, 0) is 49.6 Å². The number of fused-ring (bicyclic) bond motifs is 1. The fourth-order valence-corrected chi connectivity index (χ4v) is 4.33. The first-order valence-corrected chi connectivity index (χ1v) is 11.7. The fraction of sp³-hybridized carbons (Fsp3) is 0.185. The molecular weight excluding hydrogens is 459 g/mol. The van der Waals surface area contributed by atoms with Gasteiger partial charge in [-0.3, -0.25) is 10.1 Å². The molecule has 0 aliphatic carbocycles. The van der Waals surface area contributed by atoms with Crippen LogP contribution >= 0.6 is 0 Å². The number of carbonyl (C=O) groups excluding carboxylic acids is 1. The third-order valence-electron chi connectivity index (χ3n) is 6.01. The van der Waals surface area contributed by atoms with E-state index in [4.69, 9.17) is 10.00 Å². The molecule has 1 aliphatic rings. The van der Waals surface area contributed by atoms with Crippen LogP contribution < -0.4 is 20.3 Å². The number of amides is 1. The topological polar surface area (TPSA) is 103 Å². The number of hydrogen-bond acceptors (Lipinski definition) is 7. The maximum atomic E-state index is 14.4. The molecule has 0 atom stereocenters. The summed E-state index contributed by atoms with van der Waals surface area (Å²) in [6, 6.07) is 17.0. The Morgan fingerprint density at radius 2 is 1.83 bits per heavy atom. The minimum absolute atomic E-state index is 0.127. The van der Waals surface area contributed by atoms with Gasteiger partial charge in [0.1, 0.15) is 11.6 Å². The number of hydrogen-bond donors (Lipinski definition) is 2. The van der Waals surface area contributed by atoms with E-state index in [9.17, 15) is 9.18 Å². The quantitative estimate of drug-likeness (QED) is 0.268. The average Bonchev–Trinajstić information content (AvgIpc) is 2.90. The SMILES string of the molecule is N#CNc1nccc(Oc2ccc(NC(=O)c3cc(F)cc(N4CCCCC4)c3)c3ccccc23)n1. The zero-order valence-corrected chi connectivity index (χ0v) is 19.4. The van der Waals surface area contributed by atoms with E-state index < -0.39 is 11.7 Å². The monoisotopic (exact) mass is 482 g/mol. The minimum Gasteiger partial charge on any atom is -0.438 e. The number of benzene rings is 3. The Morgan fingerprint density at radius 1 is 1.03 bits per heavy atom. The lowest BCUT2D eigenvalue weighted by Crippen LogP contribution is -2.29. The van der Waals surface area contributed by atoms with Crippen LogP contribution in [-0.4, -0.2) is 29.0 Å². The average molecular weight is 483 g/mol. The lowest BCUT2D eigenvalue weighted by atomic mass is 10.1. The second kappa shape index (κ2) is 10.3. The first kappa shape index (κ1) is 23.1. The lowest BCUT2D eigenvalue weighted by Gasteiger charge is -2.29. The molecule has 0 spiro atoms. The van der Waals surface area contributed by atoms with Crippen LogP contribution in [0.4, 0.5) is 21.7 Å². The molecule has 9 heteroatoms. The van der Waals surface area contributed by atoms with Gasteiger partial charge in [-0.25, -0.2) is 9.37 Å². The molecule has 0 saturated carbocycles. The van der Waals surface area contributed by atoms with Gasteiger partial charge in [0, 0.05) is 53.1 Å². The number of ether oxygens (including phenoxy) is 1. The predicted molar refractivity (Wildman–Crippen MR) is 136 cm³/mol. The fourth-order valence-electron chi connectivity index (χ4n) is 4.33. The highest BCUT2D eigenvalue weighted by molar-refractivity contribution is 6.10. The zero-order chi connectivity index (χ0) is 24.9. The summed E-state index contributed by atoms with van der Waals surface area (Å²) in [4.78, 5) is 23.4. The van der Waals surface area contributed by atoms with Crippen LogP contribution in [-0.2, 0) is 0 Å². The first-order valence-electron chi connectivity index (χ1n) is 11.7. The summed E-state index contributed by atoms with van der Waals surface area (Å²) in [5.74, 6) is 0.0711. The van der Waals surface area contributed by atoms with Crippen molar-refractivity contribution in [2.75, 3.05) is 28.6 Å². The summed E-state index contributed by atoms with van der Waals surface area (Å²) in [6.07, 6.45) is 6.54. The van der Waals surface area contributed by atoms with Crippen LogP contribution in [0.1, 0.15) is 29.6 Å². The van der Waals surface area contributed by atoms with E-state index in [1.54, 1.807) is 30.5 Å². The number of nitriles is 1. The minimum atomic E-state index is -0.438. The van der Waals surface area contributed by atoms with Crippen molar-refractivity contribution in [3.63, 3.8) is 0 Å². The Labute approximate surface area is 207 Å². The Bertz CT molecular complexity index is 1460. The smallest absolute Gasteiger partial charge is 0.255 e. The zero-order valence-electron chi connectivity index (χ0n) is 19.4. The van der Waals surface area contributed by atoms with Crippen molar-refractivity contribution >= 4 is 34.0 Å². The summed E-state index contributed by atoms with van der Waals surface area (Å²) in [5.41, 5.74) is 1.56. The Morgan fingerprint density at radius 3 is 2.64 bits per heavy atom. The maximum absolute atomic E-state index is 14.4. The third-order valence-corrected chi connectivity index (χ3v) is 6.01. The predicted octanol–water partition coefficient (Wildman–Crippen LogP) is 5.70. The number of carbonyl (C=O) groups is 1. The molecule has 2 heterocycles. The molecular formula is C27H23FN6O2. The van der Waals surface area contributed by atoms with Gasteiger partial charge in [0.25, 0.3) is 5.91 Å². The number of rotatable bonds is 6. The van der Waals surface area contributed by atoms with Gasteiger partial charge >= 0.3 is 0 Å². The molecule has 1 aromatic heterocycles. The Kier molecular flexibility index (Phi) is 6.58. The lowest BCUT2D eigenvalue weighted by molar-refractivity contribution is 0.102. The van der Waals surface area contributed by atoms with Crippen molar-refractivity contribution in [2.24, 2.45) is 0 Å². The highest BCUT2D eigenvalue weighted by Gasteiger charge is 2.17. The van der Waals surface area contributed by atoms with Crippen LogP contribution in [0.25, 0.3) is 10.8 Å². The summed E-state index contributed by atoms with van der Waals surface area (Å²) < 4.78 is 20.4. The molecule has 1 amide bonds. The van der Waals surface area contributed by atoms with Crippen molar-refractivity contribution in [3.05, 3.63) is 78.2 Å². The summed E-state index contributed by atoms with van der Waals surface area (Å²) in [7, 11) is 0. The molecule has 36 heavy (non-hydrogen) atoms. The van der Waals surface area contributed by atoms with Crippen molar-refractivity contribution in [1.29, 1.82) is 5.26 Å². The van der Waals surface area contributed by atoms with Gasteiger partial charge in [0.2, 0.25) is 11.8 Å². The number of anilines is 3. The Hall–Kier alpha value is -4.71. The van der Waals surface area contributed by atoms with Crippen LogP contribution in [0.3, 0.4) is 0 Å². The number of nitrogens with zero attached hydrogens (tertiary/aromatic N) is 4. The van der Waals surface area contributed by atoms with E-state index in [0.717, 1.165) is 42.4 Å². The van der Waals surface area contributed by atoms with Gasteiger partial charge in [-0.15, -0.1) is 0 Å². The van der Waals surface area contributed by atoms with E-state index in [-0.39, 0.29) is 17.4 Å². The van der Waals surface area contributed by atoms with Crippen molar-refractivity contribution in [3.8, 4) is 17.8 Å². The largest absolute Gasteiger partial charge is 0.438 e. The molecule has 4 aromatic rings. The molecule has 8 nitrogen and oxygen atoms in total. The van der Waals surface area contributed by atoms with E-state index in [1.807, 2.05) is 24.3 Å². The van der Waals surface area contributed by atoms with Crippen LogP contribution in [0, 0.1) is 17.3 Å². The molecule has 1 saturated heterocycles. The van der Waals surface area contributed by atoms with Crippen LogP contribution in [0.2, 0.25) is 0 Å². The number of nitrogens with one attached hydrogen (secondary N) is 2. The van der Waals surface area contributed by atoms with Crippen LogP contribution in [0.5, 0.6) is 11.6 Å². The van der Waals surface area contributed by atoms with Crippen molar-refractivity contribution in [1.82, 2.24) is 9.97 Å². The summed E-state index contributed by atoms with van der Waals surface area (Å²) in [5, 5.41) is 15.6. The standard InChI is InChI=1S/C27H23FN6O2/c28-19-14-18(15-20(16-19)34-12-4-1-5-13-34)26(35)32-23-8-9-24(22-7-3-2-6-21(22)23)36-25-10-11-30-27(33-25)31-17-29/h2-3,6-11,14-16H,1,4-5,12-13H2,(H,32,35)(H,30,31,33). The summed E-state index contributed by atoms with van der Waals surface area (Å²) in [6.45, 7) is 1.72. The molecule has 5 rings (SSSR count). The molecule has 180 valence electrons. The van der Waals surface area contributed by atoms with Gasteiger partial charge in [-0.1, -0.05) is 24.3 Å². The van der Waals surface area contributed by atoms with E-state index in [2.05, 4.69) is 25.5 Å². The molecule has 0 unspecified atom stereocenters. The third kappa shape index (κ3) is 5.03. The van der Waals surface area contributed by atoms with Crippen molar-refractivity contribution in [2.45, 2.75) is 19.3 Å². The molecule has 0 radical (unpaired) electrons. The van der Waals surface area contributed by atoms with Crippen LogP contribution in [0.15, 0.2) is 66.9 Å². The highest BCUT2D eigenvalue weighted by Crippen LogP contribution is 2.34. The Balaban J connectivity index is 1.42. The normalized spacial score (nSPS) is 13.2.